The van der Waals surface area contributed by atoms with E-state index in [0.29, 0.717) is 35.5 Å². The Labute approximate surface area is 240 Å². The summed E-state index contributed by atoms with van der Waals surface area (Å²) < 4.78 is 6.14. The number of carbonyl (C=O) groups is 1. The first-order valence-electron chi connectivity index (χ1n) is 14.6. The number of pyridine rings is 1. The fourth-order valence-electron chi connectivity index (χ4n) is 5.26. The molecule has 0 aliphatic rings. The molecule has 4 aromatic rings. The minimum absolute atomic E-state index is 0.0921. The van der Waals surface area contributed by atoms with Gasteiger partial charge in [-0.3, -0.25) is 4.79 Å². The number of benzene rings is 2. The lowest BCUT2D eigenvalue weighted by atomic mass is 9.92. The molecule has 1 amide bonds. The highest BCUT2D eigenvalue weighted by atomic mass is 28.3. The van der Waals surface area contributed by atoms with Crippen molar-refractivity contribution in [3.05, 3.63) is 78.0 Å². The van der Waals surface area contributed by atoms with E-state index in [1.54, 1.807) is 6.20 Å². The predicted octanol–water partition coefficient (Wildman–Crippen LogP) is 7.63. The number of hydrogen-bond acceptors (Lipinski definition) is 5. The van der Waals surface area contributed by atoms with Gasteiger partial charge in [0.1, 0.15) is 8.07 Å². The van der Waals surface area contributed by atoms with Crippen LogP contribution >= 0.6 is 0 Å². The van der Waals surface area contributed by atoms with Gasteiger partial charge < -0.3 is 14.6 Å². The predicted molar refractivity (Wildman–Crippen MR) is 169 cm³/mol. The van der Waals surface area contributed by atoms with Crippen molar-refractivity contribution in [3.8, 4) is 0 Å². The number of nitrogens with zero attached hydrogens (tertiary/aromatic N) is 3. The standard InChI is InChI=1S/C33H44N4O2Si/c1-24(2)27-17-13-18-28(25(3)4)31(27)35-30(38)20-11-8-12-22-37(23-40(5,6)26-15-9-7-10-16-26)33-36-32-29(39-33)19-14-21-34-32/h7,9-10,13-19,21,24-25H,8,11-12,20,22-23H2,1-6H3,(H,35,38). The summed E-state index contributed by atoms with van der Waals surface area (Å²) in [7, 11) is -1.79. The Morgan fingerprint density at radius 3 is 2.25 bits per heavy atom. The van der Waals surface area contributed by atoms with Crippen molar-refractivity contribution in [3.63, 3.8) is 0 Å². The van der Waals surface area contributed by atoms with Crippen molar-refractivity contribution in [2.24, 2.45) is 0 Å². The summed E-state index contributed by atoms with van der Waals surface area (Å²) in [4.78, 5) is 24.4. The third kappa shape index (κ3) is 7.39. The van der Waals surface area contributed by atoms with Crippen LogP contribution in [-0.2, 0) is 4.79 Å². The Morgan fingerprint density at radius 2 is 1.60 bits per heavy atom. The minimum atomic E-state index is -1.79. The van der Waals surface area contributed by atoms with Gasteiger partial charge in [0.15, 0.2) is 5.58 Å². The number of rotatable bonds is 13. The molecule has 0 radical (unpaired) electrons. The number of carbonyl (C=O) groups excluding carboxylic acids is 1. The van der Waals surface area contributed by atoms with Crippen LogP contribution in [0.2, 0.25) is 13.1 Å². The van der Waals surface area contributed by atoms with E-state index in [1.807, 2.05) is 12.1 Å². The highest BCUT2D eigenvalue weighted by Crippen LogP contribution is 2.32. The van der Waals surface area contributed by atoms with Crippen molar-refractivity contribution in [1.82, 2.24) is 9.97 Å². The molecular weight excluding hydrogens is 512 g/mol. The minimum Gasteiger partial charge on any atom is -0.422 e. The number of fused-ring (bicyclic) bond motifs is 1. The molecule has 2 aromatic heterocycles. The Kier molecular flexibility index (Phi) is 9.79. The van der Waals surface area contributed by atoms with Gasteiger partial charge in [-0.05, 0) is 47.9 Å². The second-order valence-corrected chi connectivity index (χ2v) is 16.6. The Balaban J connectivity index is 1.38. The lowest BCUT2D eigenvalue weighted by Gasteiger charge is -2.31. The molecule has 0 fully saturated rings. The van der Waals surface area contributed by atoms with Crippen molar-refractivity contribution in [2.75, 3.05) is 22.9 Å². The van der Waals surface area contributed by atoms with Crippen LogP contribution in [0.5, 0.6) is 0 Å². The molecular formula is C33H44N4O2Si. The van der Waals surface area contributed by atoms with E-state index >= 15 is 0 Å². The molecule has 212 valence electrons. The Hall–Kier alpha value is -3.45. The van der Waals surface area contributed by atoms with E-state index in [1.165, 1.54) is 16.3 Å². The van der Waals surface area contributed by atoms with E-state index in [4.69, 9.17) is 9.40 Å². The molecule has 7 heteroatoms. The number of nitrogens with one attached hydrogen (secondary N) is 1. The van der Waals surface area contributed by atoms with E-state index in [2.05, 4.69) is 105 Å². The zero-order valence-corrected chi connectivity index (χ0v) is 25.9. The summed E-state index contributed by atoms with van der Waals surface area (Å²) in [6.07, 6.45) is 5.91. The van der Waals surface area contributed by atoms with Crippen LogP contribution in [0.3, 0.4) is 0 Å². The molecule has 40 heavy (non-hydrogen) atoms. The van der Waals surface area contributed by atoms with Crippen LogP contribution in [0.1, 0.15) is 76.3 Å². The molecule has 0 atom stereocenters. The van der Waals surface area contributed by atoms with Gasteiger partial charge in [0.05, 0.1) is 0 Å². The summed E-state index contributed by atoms with van der Waals surface area (Å²) in [5.74, 6) is 0.797. The van der Waals surface area contributed by atoms with Gasteiger partial charge in [0.2, 0.25) is 11.6 Å². The second kappa shape index (κ2) is 13.3. The van der Waals surface area contributed by atoms with Gasteiger partial charge in [0, 0.05) is 31.0 Å². The fraction of sp³-hybridized carbons (Fsp3) is 0.424. The largest absolute Gasteiger partial charge is 0.422 e. The molecule has 0 aliphatic carbocycles. The van der Waals surface area contributed by atoms with Crippen LogP contribution in [0, 0.1) is 0 Å². The summed E-state index contributed by atoms with van der Waals surface area (Å²) in [6, 6.07) is 21.5. The third-order valence-electron chi connectivity index (χ3n) is 7.53. The second-order valence-electron chi connectivity index (χ2n) is 12.0. The quantitative estimate of drug-likeness (QED) is 0.135. The van der Waals surface area contributed by atoms with Crippen molar-refractivity contribution in [1.29, 1.82) is 0 Å². The number of para-hydroxylation sites is 1. The van der Waals surface area contributed by atoms with Gasteiger partial charge in [0.25, 0.3) is 6.01 Å². The van der Waals surface area contributed by atoms with Crippen molar-refractivity contribution >= 4 is 42.1 Å². The fourth-order valence-corrected chi connectivity index (χ4v) is 7.78. The van der Waals surface area contributed by atoms with Crippen LogP contribution in [0.4, 0.5) is 11.7 Å². The first kappa shape index (κ1) is 29.5. The number of hydrogen-bond donors (Lipinski definition) is 1. The Bertz CT molecular complexity index is 1340. The van der Waals surface area contributed by atoms with Crippen molar-refractivity contribution < 1.29 is 9.21 Å². The average molecular weight is 557 g/mol. The summed E-state index contributed by atoms with van der Waals surface area (Å²) >= 11 is 0. The summed E-state index contributed by atoms with van der Waals surface area (Å²) in [6.45, 7) is 14.3. The van der Waals surface area contributed by atoms with E-state index in [0.717, 1.165) is 37.7 Å². The normalized spacial score (nSPS) is 11.9. The number of oxazole rings is 1. The first-order valence-corrected chi connectivity index (χ1v) is 17.8. The number of amides is 1. The van der Waals surface area contributed by atoms with E-state index in [-0.39, 0.29) is 5.91 Å². The van der Waals surface area contributed by atoms with Gasteiger partial charge in [-0.15, -0.1) is 0 Å². The van der Waals surface area contributed by atoms with Gasteiger partial charge >= 0.3 is 0 Å². The maximum absolute atomic E-state index is 13.0. The summed E-state index contributed by atoms with van der Waals surface area (Å²) in [5.41, 5.74) is 4.75. The molecule has 6 nitrogen and oxygen atoms in total. The average Bonchev–Trinajstić information content (AvgIpc) is 3.37. The lowest BCUT2D eigenvalue weighted by molar-refractivity contribution is -0.116. The van der Waals surface area contributed by atoms with Crippen LogP contribution in [-0.4, -0.2) is 36.7 Å². The molecule has 1 N–H and O–H groups in total. The highest BCUT2D eigenvalue weighted by Gasteiger charge is 2.28. The maximum Gasteiger partial charge on any atom is 0.299 e. The smallest absolute Gasteiger partial charge is 0.299 e. The maximum atomic E-state index is 13.0. The number of aromatic nitrogens is 2. The van der Waals surface area contributed by atoms with Crippen LogP contribution in [0.15, 0.2) is 71.3 Å². The number of anilines is 2. The third-order valence-corrected chi connectivity index (χ3v) is 10.6. The molecule has 0 saturated carbocycles. The molecule has 2 aromatic carbocycles. The SMILES string of the molecule is CC(C)c1cccc(C(C)C)c1NC(=O)CCCCCN(C[Si](C)(C)c1ccccc1)c1nc2ncccc2o1. The molecule has 0 aliphatic heterocycles. The Morgan fingerprint density at radius 1 is 0.900 bits per heavy atom. The molecule has 0 spiro atoms. The van der Waals surface area contributed by atoms with Crippen LogP contribution < -0.4 is 15.4 Å². The topological polar surface area (TPSA) is 71.3 Å². The molecule has 4 rings (SSSR count). The molecule has 2 heterocycles. The highest BCUT2D eigenvalue weighted by molar-refractivity contribution is 6.90. The van der Waals surface area contributed by atoms with Crippen molar-refractivity contribution in [2.45, 2.75) is 78.3 Å². The van der Waals surface area contributed by atoms with E-state index in [9.17, 15) is 4.79 Å². The molecule has 0 saturated heterocycles. The van der Waals surface area contributed by atoms with Crippen LogP contribution in [0.25, 0.3) is 11.2 Å². The zero-order chi connectivity index (χ0) is 28.7. The summed E-state index contributed by atoms with van der Waals surface area (Å²) in [5, 5.41) is 4.67. The molecule has 0 unspecified atom stereocenters. The molecule has 0 bridgehead atoms. The zero-order valence-electron chi connectivity index (χ0n) is 24.9. The first-order chi connectivity index (χ1) is 19.2. The van der Waals surface area contributed by atoms with Gasteiger partial charge in [-0.25, -0.2) is 4.98 Å². The monoisotopic (exact) mass is 556 g/mol. The lowest BCUT2D eigenvalue weighted by Crippen LogP contribution is -2.52. The van der Waals surface area contributed by atoms with Gasteiger partial charge in [-0.2, -0.15) is 4.98 Å². The van der Waals surface area contributed by atoms with E-state index < -0.39 is 8.07 Å². The van der Waals surface area contributed by atoms with Gasteiger partial charge in [-0.1, -0.05) is 101 Å². The number of unbranched alkanes of at least 4 members (excludes halogenated alkanes) is 2.